The van der Waals surface area contributed by atoms with E-state index in [0.29, 0.717) is 11.8 Å². The highest BCUT2D eigenvalue weighted by Crippen LogP contribution is 2.41. The van der Waals surface area contributed by atoms with Gasteiger partial charge in [-0.25, -0.2) is 8.78 Å². The van der Waals surface area contributed by atoms with Crippen molar-refractivity contribution in [3.8, 4) is 11.3 Å². The lowest BCUT2D eigenvalue weighted by Gasteiger charge is -2.21. The van der Waals surface area contributed by atoms with Gasteiger partial charge in [0.2, 0.25) is 0 Å². The molecule has 10 heteroatoms. The van der Waals surface area contributed by atoms with Gasteiger partial charge in [0.05, 0.1) is 11.4 Å². The molecule has 0 bridgehead atoms. The molecule has 1 saturated heterocycles. The van der Waals surface area contributed by atoms with Gasteiger partial charge in [-0.05, 0) is 61.1 Å². The highest BCUT2D eigenvalue weighted by molar-refractivity contribution is 5.63. The minimum absolute atomic E-state index is 0.167. The number of anilines is 1. The van der Waals surface area contributed by atoms with Gasteiger partial charge in [0.1, 0.15) is 17.2 Å². The van der Waals surface area contributed by atoms with E-state index in [1.807, 2.05) is 18.2 Å². The van der Waals surface area contributed by atoms with E-state index in [-0.39, 0.29) is 23.1 Å². The maximum Gasteiger partial charge on any atom is 0.420 e. The largest absolute Gasteiger partial charge is 0.420 e. The second kappa shape index (κ2) is 8.90. The van der Waals surface area contributed by atoms with Crippen LogP contribution in [0.1, 0.15) is 24.1 Å². The van der Waals surface area contributed by atoms with Crippen LogP contribution in [0.3, 0.4) is 0 Å². The van der Waals surface area contributed by atoms with Gasteiger partial charge < -0.3 is 5.32 Å². The average molecular weight is 475 g/mol. The van der Waals surface area contributed by atoms with E-state index in [4.69, 9.17) is 0 Å². The molecule has 3 atom stereocenters. The molecule has 2 aromatic heterocycles. The van der Waals surface area contributed by atoms with Crippen molar-refractivity contribution in [2.75, 3.05) is 18.4 Å². The molecule has 1 aliphatic heterocycles. The SMILES string of the molecule is Fc1ccc(F)c(-c2cc(C(F)(F)F)c(NC3C[C@@H]4CN(Cc5ccccn5)C[C@@H]4C3)nn2)c1. The number of hydrogen-bond donors (Lipinski definition) is 1. The van der Waals surface area contributed by atoms with Gasteiger partial charge in [-0.2, -0.15) is 13.2 Å². The van der Waals surface area contributed by atoms with E-state index in [1.54, 1.807) is 6.20 Å². The van der Waals surface area contributed by atoms with Gasteiger partial charge in [-0.15, -0.1) is 10.2 Å². The van der Waals surface area contributed by atoms with Gasteiger partial charge >= 0.3 is 6.18 Å². The van der Waals surface area contributed by atoms with Crippen molar-refractivity contribution in [3.05, 3.63) is 71.6 Å². The van der Waals surface area contributed by atoms with Crippen LogP contribution in [-0.4, -0.2) is 39.2 Å². The molecule has 3 aromatic rings. The Morgan fingerprint density at radius 1 is 0.971 bits per heavy atom. The Morgan fingerprint density at radius 3 is 2.41 bits per heavy atom. The van der Waals surface area contributed by atoms with Crippen molar-refractivity contribution in [1.82, 2.24) is 20.1 Å². The molecule has 0 amide bonds. The number of hydrogen-bond acceptors (Lipinski definition) is 5. The van der Waals surface area contributed by atoms with Crippen LogP contribution in [0.15, 0.2) is 48.7 Å². The molecule has 1 unspecified atom stereocenters. The van der Waals surface area contributed by atoms with Crippen molar-refractivity contribution in [3.63, 3.8) is 0 Å². The molecule has 1 aliphatic carbocycles. The number of pyridine rings is 1. The number of alkyl halides is 3. The number of halogens is 5. The van der Waals surface area contributed by atoms with Gasteiger partial charge in [0.15, 0.2) is 5.82 Å². The third-order valence-electron chi connectivity index (χ3n) is 6.58. The Kier molecular flexibility index (Phi) is 5.93. The second-order valence-electron chi connectivity index (χ2n) is 8.96. The first-order chi connectivity index (χ1) is 16.3. The maximum absolute atomic E-state index is 14.1. The van der Waals surface area contributed by atoms with Crippen LogP contribution in [0.4, 0.5) is 27.8 Å². The molecule has 1 N–H and O–H groups in total. The minimum Gasteiger partial charge on any atom is -0.365 e. The second-order valence-corrected chi connectivity index (χ2v) is 8.96. The smallest absolute Gasteiger partial charge is 0.365 e. The van der Waals surface area contributed by atoms with E-state index in [9.17, 15) is 22.0 Å². The fourth-order valence-corrected chi connectivity index (χ4v) is 5.10. The van der Waals surface area contributed by atoms with Crippen LogP contribution in [0, 0.1) is 23.5 Å². The Hall–Kier alpha value is -3.14. The number of likely N-dealkylation sites (tertiary alicyclic amines) is 1. The van der Waals surface area contributed by atoms with Gasteiger partial charge in [0, 0.05) is 37.4 Å². The quantitative estimate of drug-likeness (QED) is 0.517. The number of nitrogens with zero attached hydrogens (tertiary/aromatic N) is 4. The van der Waals surface area contributed by atoms with E-state index >= 15 is 0 Å². The lowest BCUT2D eigenvalue weighted by Crippen LogP contribution is -2.26. The molecule has 1 saturated carbocycles. The average Bonchev–Trinajstić information content (AvgIpc) is 3.33. The Balaban J connectivity index is 1.29. The summed E-state index contributed by atoms with van der Waals surface area (Å²) < 4.78 is 69.0. The minimum atomic E-state index is -4.73. The molecule has 0 spiro atoms. The number of fused-ring (bicyclic) bond motifs is 1. The summed E-state index contributed by atoms with van der Waals surface area (Å²) in [6.07, 6.45) is -1.52. The lowest BCUT2D eigenvalue weighted by molar-refractivity contribution is -0.137. The molecule has 2 fully saturated rings. The van der Waals surface area contributed by atoms with Gasteiger partial charge in [-0.3, -0.25) is 9.88 Å². The summed E-state index contributed by atoms with van der Waals surface area (Å²) in [6, 6.07) is 8.90. The molecule has 0 radical (unpaired) electrons. The van der Waals surface area contributed by atoms with Crippen molar-refractivity contribution < 1.29 is 22.0 Å². The standard InChI is InChI=1S/C24H22F5N5/c25-16-4-5-21(26)19(9-16)22-10-20(24(27,28)29)23(33-32-22)31-18-7-14-11-34(12-15(14)8-18)13-17-3-1-2-6-30-17/h1-6,9-10,14-15,18H,7-8,11-13H2,(H,31,33)/t14-,15+,18?. The van der Waals surface area contributed by atoms with E-state index in [2.05, 4.69) is 25.4 Å². The summed E-state index contributed by atoms with van der Waals surface area (Å²) in [5, 5.41) is 10.4. The van der Waals surface area contributed by atoms with Crippen LogP contribution in [-0.2, 0) is 12.7 Å². The summed E-state index contributed by atoms with van der Waals surface area (Å²) in [4.78, 5) is 6.69. The Bertz CT molecular complexity index is 1160. The molecule has 5 nitrogen and oxygen atoms in total. The first-order valence-corrected chi connectivity index (χ1v) is 11.1. The van der Waals surface area contributed by atoms with Crippen LogP contribution in [0.25, 0.3) is 11.3 Å². The molecule has 178 valence electrons. The summed E-state index contributed by atoms with van der Waals surface area (Å²) in [6.45, 7) is 2.50. The Labute approximate surface area is 193 Å². The highest BCUT2D eigenvalue weighted by Gasteiger charge is 2.42. The number of nitrogens with one attached hydrogen (secondary N) is 1. The molecule has 1 aromatic carbocycles. The summed E-state index contributed by atoms with van der Waals surface area (Å²) >= 11 is 0. The predicted molar refractivity (Wildman–Crippen MR) is 116 cm³/mol. The van der Waals surface area contributed by atoms with Crippen molar-refractivity contribution in [2.24, 2.45) is 11.8 Å². The van der Waals surface area contributed by atoms with Crippen LogP contribution in [0.2, 0.25) is 0 Å². The molecular formula is C24H22F5N5. The zero-order valence-electron chi connectivity index (χ0n) is 18.1. The van der Waals surface area contributed by atoms with Gasteiger partial charge in [-0.1, -0.05) is 6.07 Å². The fourth-order valence-electron chi connectivity index (χ4n) is 5.10. The van der Waals surface area contributed by atoms with Crippen molar-refractivity contribution in [1.29, 1.82) is 0 Å². The molecule has 5 rings (SSSR count). The van der Waals surface area contributed by atoms with Gasteiger partial charge in [0.25, 0.3) is 0 Å². The summed E-state index contributed by atoms with van der Waals surface area (Å²) in [5.41, 5.74) is -0.789. The van der Waals surface area contributed by atoms with E-state index < -0.39 is 23.4 Å². The van der Waals surface area contributed by atoms with Crippen molar-refractivity contribution >= 4 is 5.82 Å². The first kappa shape index (κ1) is 22.6. The molecule has 3 heterocycles. The predicted octanol–water partition coefficient (Wildman–Crippen LogP) is 5.16. The first-order valence-electron chi connectivity index (χ1n) is 11.1. The van der Waals surface area contributed by atoms with Crippen LogP contribution in [0.5, 0.6) is 0 Å². The van der Waals surface area contributed by atoms with Crippen LogP contribution >= 0.6 is 0 Å². The maximum atomic E-state index is 14.1. The summed E-state index contributed by atoms with van der Waals surface area (Å²) in [7, 11) is 0. The number of rotatable bonds is 5. The highest BCUT2D eigenvalue weighted by atomic mass is 19.4. The third-order valence-corrected chi connectivity index (χ3v) is 6.58. The topological polar surface area (TPSA) is 53.9 Å². The van der Waals surface area contributed by atoms with Crippen LogP contribution < -0.4 is 5.32 Å². The molecule has 2 aliphatic rings. The monoisotopic (exact) mass is 475 g/mol. The van der Waals surface area contributed by atoms with Crippen molar-refractivity contribution in [2.45, 2.75) is 31.6 Å². The number of aromatic nitrogens is 3. The van der Waals surface area contributed by atoms with E-state index in [0.717, 1.165) is 62.4 Å². The molecule has 34 heavy (non-hydrogen) atoms. The van der Waals surface area contributed by atoms with E-state index in [1.165, 1.54) is 0 Å². The lowest BCUT2D eigenvalue weighted by atomic mass is 10.0. The third kappa shape index (κ3) is 4.72. The summed E-state index contributed by atoms with van der Waals surface area (Å²) in [5.74, 6) is -1.27. The fraction of sp³-hybridized carbons (Fsp3) is 0.375. The zero-order valence-corrected chi connectivity index (χ0v) is 18.1. The number of benzene rings is 1. The Morgan fingerprint density at radius 2 is 1.74 bits per heavy atom. The molecular weight excluding hydrogens is 453 g/mol. The normalized spacial score (nSPS) is 22.7. The zero-order chi connectivity index (χ0) is 23.9.